The molecular formula is C20H21N3. The lowest BCUT2D eigenvalue weighted by Gasteiger charge is -2.00. The zero-order valence-corrected chi connectivity index (χ0v) is 13.6. The second-order valence-corrected chi connectivity index (χ2v) is 6.51. The van der Waals surface area contributed by atoms with Crippen LogP contribution in [0.15, 0.2) is 48.5 Å². The van der Waals surface area contributed by atoms with Crippen LogP contribution >= 0.6 is 0 Å². The quantitative estimate of drug-likeness (QED) is 0.550. The van der Waals surface area contributed by atoms with E-state index in [4.69, 9.17) is 0 Å². The highest BCUT2D eigenvalue weighted by Gasteiger charge is 2.07. The van der Waals surface area contributed by atoms with Gasteiger partial charge in [-0.2, -0.15) is 0 Å². The van der Waals surface area contributed by atoms with E-state index >= 15 is 0 Å². The molecule has 0 spiro atoms. The first-order chi connectivity index (χ1) is 11.2. The summed E-state index contributed by atoms with van der Waals surface area (Å²) < 4.78 is 0. The van der Waals surface area contributed by atoms with Crippen molar-refractivity contribution in [3.8, 4) is 0 Å². The number of imidazole rings is 1. The van der Waals surface area contributed by atoms with Crippen LogP contribution < -0.4 is 0 Å². The first-order valence-electron chi connectivity index (χ1n) is 8.24. The summed E-state index contributed by atoms with van der Waals surface area (Å²) in [6, 6.07) is 17.2. The predicted octanol–water partition coefficient (Wildman–Crippen LogP) is 4.95. The Hall–Kier alpha value is -2.55. The first-order valence-corrected chi connectivity index (χ1v) is 8.24. The van der Waals surface area contributed by atoms with Crippen LogP contribution in [0, 0.1) is 0 Å². The standard InChI is InChI=1S/C20H21N3/c1-13(2)20-22-18-10-8-14(11-19(18)23-20)7-9-16-12-15-5-3-4-6-17(15)21-16/h3-6,8,10-13,21H,7,9H2,1-2H3,(H,22,23). The predicted molar refractivity (Wildman–Crippen MR) is 95.9 cm³/mol. The minimum Gasteiger partial charge on any atom is -0.358 e. The maximum atomic E-state index is 4.64. The molecule has 3 nitrogen and oxygen atoms in total. The minimum absolute atomic E-state index is 0.428. The molecule has 3 heteroatoms. The monoisotopic (exact) mass is 303 g/mol. The van der Waals surface area contributed by atoms with Crippen molar-refractivity contribution in [1.82, 2.24) is 15.0 Å². The Morgan fingerprint density at radius 1 is 0.913 bits per heavy atom. The second-order valence-electron chi connectivity index (χ2n) is 6.51. The van der Waals surface area contributed by atoms with Crippen LogP contribution in [0.4, 0.5) is 0 Å². The van der Waals surface area contributed by atoms with Crippen molar-refractivity contribution < 1.29 is 0 Å². The van der Waals surface area contributed by atoms with Crippen LogP contribution in [0.2, 0.25) is 0 Å². The summed E-state index contributed by atoms with van der Waals surface area (Å²) in [6.07, 6.45) is 2.05. The van der Waals surface area contributed by atoms with Crippen LogP contribution in [-0.4, -0.2) is 15.0 Å². The topological polar surface area (TPSA) is 44.5 Å². The lowest BCUT2D eigenvalue weighted by atomic mass is 10.1. The van der Waals surface area contributed by atoms with Gasteiger partial charge >= 0.3 is 0 Å². The van der Waals surface area contributed by atoms with Crippen LogP contribution in [0.5, 0.6) is 0 Å². The molecule has 0 aliphatic rings. The molecule has 2 N–H and O–H groups in total. The summed E-state index contributed by atoms with van der Waals surface area (Å²) >= 11 is 0. The summed E-state index contributed by atoms with van der Waals surface area (Å²) in [5, 5.41) is 1.29. The Morgan fingerprint density at radius 3 is 2.61 bits per heavy atom. The van der Waals surface area contributed by atoms with E-state index in [0.717, 1.165) is 29.7 Å². The molecule has 0 fully saturated rings. The first kappa shape index (κ1) is 14.1. The highest BCUT2D eigenvalue weighted by molar-refractivity contribution is 5.80. The highest BCUT2D eigenvalue weighted by atomic mass is 14.9. The molecule has 2 heterocycles. The number of hydrogen-bond acceptors (Lipinski definition) is 1. The second kappa shape index (κ2) is 5.58. The summed E-state index contributed by atoms with van der Waals surface area (Å²) in [4.78, 5) is 11.6. The maximum absolute atomic E-state index is 4.64. The number of aromatic nitrogens is 3. The molecule has 0 radical (unpaired) electrons. The molecule has 4 aromatic rings. The van der Waals surface area contributed by atoms with Gasteiger partial charge in [0.1, 0.15) is 5.82 Å². The van der Waals surface area contributed by atoms with Gasteiger partial charge in [0, 0.05) is 17.1 Å². The number of nitrogens with zero attached hydrogens (tertiary/aromatic N) is 1. The number of fused-ring (bicyclic) bond motifs is 2. The number of H-pyrrole nitrogens is 2. The molecule has 2 aromatic heterocycles. The summed E-state index contributed by atoms with van der Waals surface area (Å²) in [7, 11) is 0. The van der Waals surface area contributed by atoms with Gasteiger partial charge < -0.3 is 9.97 Å². The molecule has 0 saturated carbocycles. The number of benzene rings is 2. The third-order valence-corrected chi connectivity index (χ3v) is 4.38. The van der Waals surface area contributed by atoms with Gasteiger partial charge in [0.05, 0.1) is 11.0 Å². The Morgan fingerprint density at radius 2 is 1.78 bits per heavy atom. The average Bonchev–Trinajstić information content (AvgIpc) is 3.15. The number of aryl methyl sites for hydroxylation is 2. The summed E-state index contributed by atoms with van der Waals surface area (Å²) in [6.45, 7) is 4.32. The molecule has 0 amide bonds. The van der Waals surface area contributed by atoms with E-state index in [2.05, 4.69) is 77.3 Å². The SMILES string of the molecule is CC(C)c1nc2ccc(CCc3cc4ccccc4[nH]3)cc2[nH]1. The number of aromatic amines is 2. The van der Waals surface area contributed by atoms with E-state index in [-0.39, 0.29) is 0 Å². The molecule has 23 heavy (non-hydrogen) atoms. The number of hydrogen-bond donors (Lipinski definition) is 2. The molecule has 4 rings (SSSR count). The number of rotatable bonds is 4. The molecular weight excluding hydrogens is 282 g/mol. The molecule has 2 aromatic carbocycles. The molecule has 0 saturated heterocycles. The zero-order valence-electron chi connectivity index (χ0n) is 13.6. The lowest BCUT2D eigenvalue weighted by molar-refractivity contribution is 0.799. The fourth-order valence-electron chi connectivity index (χ4n) is 3.05. The third-order valence-electron chi connectivity index (χ3n) is 4.38. The van der Waals surface area contributed by atoms with Crippen LogP contribution in [0.3, 0.4) is 0 Å². The minimum atomic E-state index is 0.428. The Balaban J connectivity index is 1.55. The van der Waals surface area contributed by atoms with Crippen molar-refractivity contribution in [2.24, 2.45) is 0 Å². The highest BCUT2D eigenvalue weighted by Crippen LogP contribution is 2.20. The van der Waals surface area contributed by atoms with Crippen LogP contribution in [0.1, 0.15) is 36.8 Å². The molecule has 0 atom stereocenters. The van der Waals surface area contributed by atoms with Crippen molar-refractivity contribution >= 4 is 21.9 Å². The van der Waals surface area contributed by atoms with Crippen molar-refractivity contribution in [1.29, 1.82) is 0 Å². The van der Waals surface area contributed by atoms with E-state index < -0.39 is 0 Å². The van der Waals surface area contributed by atoms with E-state index in [1.54, 1.807) is 0 Å². The van der Waals surface area contributed by atoms with Gasteiger partial charge in [-0.25, -0.2) is 4.98 Å². The lowest BCUT2D eigenvalue weighted by Crippen LogP contribution is -1.91. The molecule has 0 unspecified atom stereocenters. The van der Waals surface area contributed by atoms with Crippen molar-refractivity contribution in [2.45, 2.75) is 32.6 Å². The van der Waals surface area contributed by atoms with Crippen LogP contribution in [0.25, 0.3) is 21.9 Å². The van der Waals surface area contributed by atoms with Gasteiger partial charge in [0.2, 0.25) is 0 Å². The van der Waals surface area contributed by atoms with Gasteiger partial charge in [0.25, 0.3) is 0 Å². The van der Waals surface area contributed by atoms with Crippen LogP contribution in [-0.2, 0) is 12.8 Å². The zero-order chi connectivity index (χ0) is 15.8. The molecule has 0 aliphatic heterocycles. The Labute approximate surface area is 135 Å². The van der Waals surface area contributed by atoms with Gasteiger partial charge in [-0.05, 0) is 48.1 Å². The third kappa shape index (κ3) is 2.74. The van der Waals surface area contributed by atoms with E-state index in [0.29, 0.717) is 5.92 Å². The van der Waals surface area contributed by atoms with Crippen molar-refractivity contribution in [2.75, 3.05) is 0 Å². The van der Waals surface area contributed by atoms with Gasteiger partial charge in [0.15, 0.2) is 0 Å². The number of para-hydroxylation sites is 1. The van der Waals surface area contributed by atoms with E-state index in [1.807, 2.05) is 0 Å². The van der Waals surface area contributed by atoms with Crippen molar-refractivity contribution in [3.63, 3.8) is 0 Å². The smallest absolute Gasteiger partial charge is 0.109 e. The van der Waals surface area contributed by atoms with Gasteiger partial charge in [-0.15, -0.1) is 0 Å². The Kier molecular flexibility index (Phi) is 3.41. The normalized spacial score (nSPS) is 11.8. The molecule has 0 bridgehead atoms. The molecule has 116 valence electrons. The van der Waals surface area contributed by atoms with Gasteiger partial charge in [-0.1, -0.05) is 38.1 Å². The fraction of sp³-hybridized carbons (Fsp3) is 0.250. The van der Waals surface area contributed by atoms with Crippen molar-refractivity contribution in [3.05, 3.63) is 65.6 Å². The largest absolute Gasteiger partial charge is 0.358 e. The average molecular weight is 303 g/mol. The Bertz CT molecular complexity index is 926. The van der Waals surface area contributed by atoms with E-state index in [9.17, 15) is 0 Å². The summed E-state index contributed by atoms with van der Waals surface area (Å²) in [5.74, 6) is 1.49. The maximum Gasteiger partial charge on any atom is 0.109 e. The van der Waals surface area contributed by atoms with Gasteiger partial charge in [-0.3, -0.25) is 0 Å². The molecule has 0 aliphatic carbocycles. The number of nitrogens with one attached hydrogen (secondary N) is 2. The van der Waals surface area contributed by atoms with E-state index in [1.165, 1.54) is 22.2 Å². The fourth-order valence-corrected chi connectivity index (χ4v) is 3.05. The summed E-state index contributed by atoms with van der Waals surface area (Å²) in [5.41, 5.74) is 6.05.